The topological polar surface area (TPSA) is 49.4 Å². The van der Waals surface area contributed by atoms with Crippen molar-refractivity contribution >= 4 is 34.8 Å². The van der Waals surface area contributed by atoms with Crippen molar-refractivity contribution in [1.82, 2.24) is 0 Å². The van der Waals surface area contributed by atoms with Crippen LogP contribution in [0, 0.1) is 25.6 Å². The highest BCUT2D eigenvalue weighted by Gasteiger charge is 2.35. The fourth-order valence-corrected chi connectivity index (χ4v) is 3.20. The van der Waals surface area contributed by atoms with Crippen LogP contribution in [0.15, 0.2) is 36.4 Å². The summed E-state index contributed by atoms with van der Waals surface area (Å²) in [6.07, 6.45) is 0.117. The van der Waals surface area contributed by atoms with Gasteiger partial charge in [-0.25, -0.2) is 4.39 Å². The fraction of sp³-hybridized carbons (Fsp3) is 0.263. The molecule has 130 valence electrons. The van der Waals surface area contributed by atoms with Gasteiger partial charge in [0.15, 0.2) is 0 Å². The molecule has 1 aliphatic rings. The van der Waals surface area contributed by atoms with Crippen LogP contribution in [0.1, 0.15) is 17.5 Å². The highest BCUT2D eigenvalue weighted by atomic mass is 35.5. The van der Waals surface area contributed by atoms with Crippen molar-refractivity contribution in [2.75, 3.05) is 16.8 Å². The normalized spacial score (nSPS) is 17.0. The van der Waals surface area contributed by atoms with Gasteiger partial charge in [-0.05, 0) is 43.2 Å². The van der Waals surface area contributed by atoms with Crippen molar-refractivity contribution in [2.45, 2.75) is 20.3 Å². The van der Waals surface area contributed by atoms with Gasteiger partial charge in [-0.15, -0.1) is 0 Å². The van der Waals surface area contributed by atoms with E-state index in [4.69, 9.17) is 11.6 Å². The second kappa shape index (κ2) is 6.84. The van der Waals surface area contributed by atoms with E-state index in [1.165, 1.54) is 23.1 Å². The maximum atomic E-state index is 13.3. The van der Waals surface area contributed by atoms with Crippen molar-refractivity contribution in [3.63, 3.8) is 0 Å². The number of nitrogens with zero attached hydrogens (tertiary/aromatic N) is 1. The van der Waals surface area contributed by atoms with E-state index in [0.717, 1.165) is 16.8 Å². The minimum Gasteiger partial charge on any atom is -0.325 e. The summed E-state index contributed by atoms with van der Waals surface area (Å²) in [5, 5.41) is 2.88. The zero-order chi connectivity index (χ0) is 18.1. The molecule has 1 heterocycles. The molecule has 2 aromatic carbocycles. The van der Waals surface area contributed by atoms with Gasteiger partial charge in [0.25, 0.3) is 0 Å². The van der Waals surface area contributed by atoms with Gasteiger partial charge in [-0.1, -0.05) is 29.8 Å². The predicted octanol–water partition coefficient (Wildman–Crippen LogP) is 4.09. The summed E-state index contributed by atoms with van der Waals surface area (Å²) in [4.78, 5) is 26.3. The first-order valence-corrected chi connectivity index (χ1v) is 8.37. The summed E-state index contributed by atoms with van der Waals surface area (Å²) in [6.45, 7) is 4.10. The highest BCUT2D eigenvalue weighted by molar-refractivity contribution is 6.31. The number of hydrogen-bond donors (Lipinski definition) is 1. The van der Waals surface area contributed by atoms with Gasteiger partial charge in [0.05, 0.1) is 10.9 Å². The van der Waals surface area contributed by atoms with E-state index in [2.05, 4.69) is 5.32 Å². The quantitative estimate of drug-likeness (QED) is 0.896. The number of para-hydroxylation sites is 1. The second-order valence-electron chi connectivity index (χ2n) is 6.26. The highest BCUT2D eigenvalue weighted by Crippen LogP contribution is 2.29. The van der Waals surface area contributed by atoms with Crippen molar-refractivity contribution in [2.24, 2.45) is 5.92 Å². The summed E-state index contributed by atoms with van der Waals surface area (Å²) < 4.78 is 13.3. The lowest BCUT2D eigenvalue weighted by Crippen LogP contribution is -2.28. The number of anilines is 2. The summed E-state index contributed by atoms with van der Waals surface area (Å²) in [5.74, 6) is -1.37. The molecule has 0 spiro atoms. The molecule has 0 aromatic heterocycles. The summed E-state index contributed by atoms with van der Waals surface area (Å²) >= 11 is 5.79. The Bertz CT molecular complexity index is 833. The maximum absolute atomic E-state index is 13.3. The van der Waals surface area contributed by atoms with E-state index in [-0.39, 0.29) is 29.8 Å². The average Bonchev–Trinajstić information content (AvgIpc) is 2.95. The lowest BCUT2D eigenvalue weighted by atomic mass is 10.1. The van der Waals surface area contributed by atoms with Crippen LogP contribution in [0.5, 0.6) is 0 Å². The molecule has 6 heteroatoms. The van der Waals surface area contributed by atoms with Crippen LogP contribution < -0.4 is 10.2 Å². The Kier molecular flexibility index (Phi) is 4.77. The van der Waals surface area contributed by atoms with Crippen LogP contribution in [0.3, 0.4) is 0 Å². The molecular formula is C19H18ClFN2O2. The number of benzene rings is 2. The Hall–Kier alpha value is -2.40. The monoisotopic (exact) mass is 360 g/mol. The fourth-order valence-electron chi connectivity index (χ4n) is 3.02. The van der Waals surface area contributed by atoms with Gasteiger partial charge in [-0.2, -0.15) is 0 Å². The van der Waals surface area contributed by atoms with Gasteiger partial charge in [-0.3, -0.25) is 9.59 Å². The third-order valence-corrected chi connectivity index (χ3v) is 4.73. The Morgan fingerprint density at radius 3 is 2.56 bits per heavy atom. The second-order valence-corrected chi connectivity index (χ2v) is 6.67. The van der Waals surface area contributed by atoms with Crippen LogP contribution >= 0.6 is 11.6 Å². The number of halogens is 2. The molecule has 2 aromatic rings. The lowest BCUT2D eigenvalue weighted by molar-refractivity contribution is -0.122. The number of aryl methyl sites for hydroxylation is 2. The molecule has 1 unspecified atom stereocenters. The van der Waals surface area contributed by atoms with E-state index in [1.807, 2.05) is 32.0 Å². The molecule has 1 atom stereocenters. The van der Waals surface area contributed by atoms with E-state index in [0.29, 0.717) is 5.69 Å². The molecular weight excluding hydrogens is 343 g/mol. The summed E-state index contributed by atoms with van der Waals surface area (Å²) in [6, 6.07) is 9.89. The Balaban J connectivity index is 1.75. The van der Waals surface area contributed by atoms with Gasteiger partial charge in [0.2, 0.25) is 11.8 Å². The average molecular weight is 361 g/mol. The van der Waals surface area contributed by atoms with Crippen molar-refractivity contribution in [1.29, 1.82) is 0 Å². The molecule has 1 fully saturated rings. The summed E-state index contributed by atoms with van der Waals surface area (Å²) in [5.41, 5.74) is 3.22. The van der Waals surface area contributed by atoms with E-state index in [9.17, 15) is 14.0 Å². The van der Waals surface area contributed by atoms with Gasteiger partial charge in [0, 0.05) is 24.3 Å². The van der Waals surface area contributed by atoms with Crippen LogP contribution in [0.2, 0.25) is 5.02 Å². The van der Waals surface area contributed by atoms with Crippen LogP contribution in [0.4, 0.5) is 15.8 Å². The number of nitrogens with one attached hydrogen (secondary N) is 1. The molecule has 2 amide bonds. The maximum Gasteiger partial charge on any atom is 0.229 e. The van der Waals surface area contributed by atoms with Crippen LogP contribution in [-0.4, -0.2) is 18.4 Å². The molecule has 0 bridgehead atoms. The molecule has 4 nitrogen and oxygen atoms in total. The standard InChI is InChI=1S/C19H18ClFN2O2/c1-11-4-3-5-12(2)18(11)22-19(25)13-8-17(24)23(10-13)14-6-7-16(21)15(20)9-14/h3-7,9,13H,8,10H2,1-2H3,(H,22,25). The molecule has 1 saturated heterocycles. The van der Waals surface area contributed by atoms with Crippen molar-refractivity contribution < 1.29 is 14.0 Å². The molecule has 1 N–H and O–H groups in total. The lowest BCUT2D eigenvalue weighted by Gasteiger charge is -2.18. The largest absolute Gasteiger partial charge is 0.325 e. The molecule has 25 heavy (non-hydrogen) atoms. The first kappa shape index (κ1) is 17.4. The molecule has 0 saturated carbocycles. The van der Waals surface area contributed by atoms with E-state index < -0.39 is 11.7 Å². The third kappa shape index (κ3) is 3.51. The number of hydrogen-bond acceptors (Lipinski definition) is 2. The SMILES string of the molecule is Cc1cccc(C)c1NC(=O)C1CC(=O)N(c2ccc(F)c(Cl)c2)C1. The number of carbonyl (C=O) groups is 2. The summed E-state index contributed by atoms with van der Waals surface area (Å²) in [7, 11) is 0. The van der Waals surface area contributed by atoms with Gasteiger partial charge >= 0.3 is 0 Å². The third-order valence-electron chi connectivity index (χ3n) is 4.44. The molecule has 0 radical (unpaired) electrons. The number of carbonyl (C=O) groups excluding carboxylic acids is 2. The van der Waals surface area contributed by atoms with Crippen molar-refractivity contribution in [3.8, 4) is 0 Å². The van der Waals surface area contributed by atoms with Crippen LogP contribution in [-0.2, 0) is 9.59 Å². The van der Waals surface area contributed by atoms with Crippen molar-refractivity contribution in [3.05, 3.63) is 58.4 Å². The van der Waals surface area contributed by atoms with Gasteiger partial charge < -0.3 is 10.2 Å². The van der Waals surface area contributed by atoms with E-state index in [1.54, 1.807) is 0 Å². The Morgan fingerprint density at radius 2 is 1.92 bits per heavy atom. The first-order chi connectivity index (χ1) is 11.9. The molecule has 1 aliphatic heterocycles. The first-order valence-electron chi connectivity index (χ1n) is 7.99. The molecule has 0 aliphatic carbocycles. The zero-order valence-electron chi connectivity index (χ0n) is 14.0. The minimum atomic E-state index is -0.540. The number of amides is 2. The minimum absolute atomic E-state index is 0.0475. The zero-order valence-corrected chi connectivity index (χ0v) is 14.7. The van der Waals surface area contributed by atoms with Gasteiger partial charge in [0.1, 0.15) is 5.82 Å². The number of rotatable bonds is 3. The smallest absolute Gasteiger partial charge is 0.229 e. The van der Waals surface area contributed by atoms with Crippen LogP contribution in [0.25, 0.3) is 0 Å². The Morgan fingerprint density at radius 1 is 1.24 bits per heavy atom. The predicted molar refractivity (Wildman–Crippen MR) is 96.4 cm³/mol. The molecule has 3 rings (SSSR count). The van der Waals surface area contributed by atoms with E-state index >= 15 is 0 Å². The Labute approximate surface area is 150 Å².